The summed E-state index contributed by atoms with van der Waals surface area (Å²) in [7, 11) is 0. The number of ether oxygens (including phenoxy) is 1. The van der Waals surface area contributed by atoms with Crippen LogP contribution in [0.5, 0.6) is 0 Å². The molecule has 2 atom stereocenters. The van der Waals surface area contributed by atoms with E-state index in [2.05, 4.69) is 21.7 Å². The van der Waals surface area contributed by atoms with Crippen molar-refractivity contribution >= 4 is 41.5 Å². The molecular formula is C21H27N4O4+. The van der Waals surface area contributed by atoms with Crippen LogP contribution in [0.15, 0.2) is 30.5 Å². The number of aromatic amines is 1. The minimum atomic E-state index is -0.971. The number of carbonyl (C=O) groups is 3. The summed E-state index contributed by atoms with van der Waals surface area (Å²) in [6.07, 6.45) is 2.96. The highest BCUT2D eigenvalue weighted by molar-refractivity contribution is 6.27. The van der Waals surface area contributed by atoms with Crippen LogP contribution in [0.25, 0.3) is 10.9 Å². The summed E-state index contributed by atoms with van der Waals surface area (Å²) in [5.41, 5.74) is 7.94. The van der Waals surface area contributed by atoms with E-state index < -0.39 is 24.0 Å². The van der Waals surface area contributed by atoms with Crippen molar-refractivity contribution < 1.29 is 19.1 Å². The van der Waals surface area contributed by atoms with Crippen molar-refractivity contribution in [1.82, 2.24) is 15.0 Å². The number of nitrogens with zero attached hydrogens (tertiary/aromatic N) is 1. The standard InChI is InChI=1S/C21H26N4O4/c1-13(2)29-21(28)19(9-8-15(26)12-23-3)25-20(27)17(22)10-14-11-24-18-7-5-4-6-16(14)18/h4-7,11-13,17,19,24H,3,8-10,22H2,1-2H3/p+1/t17-,19-/m0/s1. The van der Waals surface area contributed by atoms with E-state index in [1.807, 2.05) is 30.5 Å². The number of nitrogens with one attached hydrogen (secondary N) is 2. The fourth-order valence-corrected chi connectivity index (χ4v) is 2.93. The first kappa shape index (κ1) is 22.1. The van der Waals surface area contributed by atoms with Crippen molar-refractivity contribution in [3.63, 3.8) is 0 Å². The summed E-state index contributed by atoms with van der Waals surface area (Å²) in [4.78, 5) is 39.7. The molecule has 0 aliphatic rings. The van der Waals surface area contributed by atoms with E-state index >= 15 is 0 Å². The highest BCUT2D eigenvalue weighted by Gasteiger charge is 2.27. The largest absolute Gasteiger partial charge is 0.461 e. The van der Waals surface area contributed by atoms with Crippen LogP contribution < -0.4 is 15.7 Å². The maximum absolute atomic E-state index is 12.6. The molecule has 0 spiro atoms. The highest BCUT2D eigenvalue weighted by Crippen LogP contribution is 2.18. The molecule has 1 heterocycles. The van der Waals surface area contributed by atoms with Crippen LogP contribution in [0.2, 0.25) is 0 Å². The van der Waals surface area contributed by atoms with Crippen LogP contribution in [0.3, 0.4) is 0 Å². The van der Waals surface area contributed by atoms with Gasteiger partial charge in [0.25, 0.3) is 6.72 Å². The van der Waals surface area contributed by atoms with Crippen LogP contribution in [-0.2, 0) is 25.5 Å². The number of H-pyrrole nitrogens is 1. The number of benzene rings is 1. The Morgan fingerprint density at radius 2 is 2.03 bits per heavy atom. The molecule has 2 rings (SSSR count). The van der Waals surface area contributed by atoms with Gasteiger partial charge >= 0.3 is 12.2 Å². The molecule has 1 aromatic carbocycles. The SMILES string of the molecule is C=[N+]=CC(=O)CC[C@H](NC(=O)[C@@H](N)Cc1c[nH]c2ccccc12)C(=O)OC(C)C. The maximum Gasteiger partial charge on any atom is 0.334 e. The van der Waals surface area contributed by atoms with Gasteiger partial charge in [0.2, 0.25) is 11.7 Å². The molecule has 0 saturated carbocycles. The number of rotatable bonds is 10. The van der Waals surface area contributed by atoms with Crippen molar-refractivity contribution in [2.45, 2.75) is 51.3 Å². The van der Waals surface area contributed by atoms with E-state index in [1.165, 1.54) is 0 Å². The smallest absolute Gasteiger partial charge is 0.334 e. The number of hydrogen-bond donors (Lipinski definition) is 3. The zero-order valence-electron chi connectivity index (χ0n) is 16.7. The molecule has 8 heteroatoms. The number of hydrogen-bond acceptors (Lipinski definition) is 5. The summed E-state index contributed by atoms with van der Waals surface area (Å²) in [5, 5.41) is 3.61. The van der Waals surface area contributed by atoms with Gasteiger partial charge in [-0.25, -0.2) is 4.79 Å². The zero-order chi connectivity index (χ0) is 21.4. The normalized spacial score (nSPS) is 12.8. The van der Waals surface area contributed by atoms with Crippen molar-refractivity contribution in [2.75, 3.05) is 0 Å². The summed E-state index contributed by atoms with van der Waals surface area (Å²) < 4.78 is 8.60. The molecule has 0 fully saturated rings. The van der Waals surface area contributed by atoms with Crippen molar-refractivity contribution in [1.29, 1.82) is 0 Å². The molecular weight excluding hydrogens is 372 g/mol. The summed E-state index contributed by atoms with van der Waals surface area (Å²) >= 11 is 0. The van der Waals surface area contributed by atoms with Crippen LogP contribution in [0, 0.1) is 0 Å². The van der Waals surface area contributed by atoms with E-state index in [1.54, 1.807) is 13.8 Å². The Morgan fingerprint density at radius 3 is 2.72 bits per heavy atom. The lowest BCUT2D eigenvalue weighted by Gasteiger charge is -2.20. The number of para-hydroxylation sites is 1. The van der Waals surface area contributed by atoms with E-state index in [4.69, 9.17) is 10.5 Å². The third-order valence-corrected chi connectivity index (χ3v) is 4.32. The van der Waals surface area contributed by atoms with Gasteiger partial charge in [0.05, 0.1) is 12.1 Å². The second-order valence-electron chi connectivity index (χ2n) is 7.03. The van der Waals surface area contributed by atoms with Gasteiger partial charge in [-0.05, 0) is 38.3 Å². The van der Waals surface area contributed by atoms with E-state index in [0.717, 1.165) is 22.7 Å². The highest BCUT2D eigenvalue weighted by atomic mass is 16.5. The number of aromatic nitrogens is 1. The quantitative estimate of drug-likeness (QED) is 0.307. The number of fused-ring (bicyclic) bond motifs is 1. The first-order chi connectivity index (χ1) is 13.8. The van der Waals surface area contributed by atoms with Crippen molar-refractivity contribution in [3.05, 3.63) is 36.0 Å². The Balaban J connectivity index is 2.05. The molecule has 0 unspecified atom stereocenters. The Kier molecular flexibility index (Phi) is 7.88. The van der Waals surface area contributed by atoms with Crippen LogP contribution in [-0.4, -0.2) is 53.8 Å². The van der Waals surface area contributed by atoms with Crippen molar-refractivity contribution in [3.8, 4) is 0 Å². The molecule has 0 saturated heterocycles. The molecule has 4 N–H and O–H groups in total. The van der Waals surface area contributed by atoms with Gasteiger partial charge < -0.3 is 20.8 Å². The lowest BCUT2D eigenvalue weighted by atomic mass is 10.0. The Labute approximate surface area is 169 Å². The van der Waals surface area contributed by atoms with Crippen LogP contribution in [0.4, 0.5) is 0 Å². The first-order valence-electron chi connectivity index (χ1n) is 9.45. The fraction of sp³-hybridized carbons (Fsp3) is 0.381. The van der Waals surface area contributed by atoms with Gasteiger partial charge in [0, 0.05) is 23.5 Å². The summed E-state index contributed by atoms with van der Waals surface area (Å²) in [5.74, 6) is -1.38. The maximum atomic E-state index is 12.6. The predicted octanol–water partition coefficient (Wildman–Crippen LogP) is 0.662. The summed E-state index contributed by atoms with van der Waals surface area (Å²) in [6, 6.07) is 5.89. The van der Waals surface area contributed by atoms with E-state index in [9.17, 15) is 14.4 Å². The number of nitrogens with two attached hydrogens (primary N) is 1. The average Bonchev–Trinajstić information content (AvgIpc) is 3.07. The fourth-order valence-electron chi connectivity index (χ4n) is 2.93. The average molecular weight is 399 g/mol. The number of esters is 1. The molecule has 29 heavy (non-hydrogen) atoms. The van der Waals surface area contributed by atoms with Crippen LogP contribution in [0.1, 0.15) is 32.3 Å². The lowest BCUT2D eigenvalue weighted by molar-refractivity contribution is -0.151. The lowest BCUT2D eigenvalue weighted by Crippen LogP contribution is -2.50. The number of carbonyl (C=O) groups excluding carboxylic acids is 3. The van der Waals surface area contributed by atoms with E-state index in [-0.39, 0.29) is 24.7 Å². The van der Waals surface area contributed by atoms with Gasteiger partial charge in [-0.1, -0.05) is 18.2 Å². The first-order valence-corrected chi connectivity index (χ1v) is 9.45. The molecule has 2 aromatic rings. The van der Waals surface area contributed by atoms with Crippen molar-refractivity contribution in [2.24, 2.45) is 5.73 Å². The Bertz CT molecular complexity index is 928. The van der Waals surface area contributed by atoms with E-state index in [0.29, 0.717) is 6.42 Å². The molecule has 0 radical (unpaired) electrons. The van der Waals surface area contributed by atoms with Gasteiger partial charge in [0.15, 0.2) is 0 Å². The molecule has 0 aliphatic carbocycles. The van der Waals surface area contributed by atoms with Gasteiger partial charge in [-0.15, -0.1) is 4.67 Å². The Hall–Kier alpha value is -3.22. The number of Topliss-reactive ketones (excluding diaryl/α,β-unsaturated/α-hetero) is 1. The molecule has 8 nitrogen and oxygen atoms in total. The molecule has 1 amide bonds. The second-order valence-corrected chi connectivity index (χ2v) is 7.03. The second kappa shape index (κ2) is 10.4. The Morgan fingerprint density at radius 1 is 1.31 bits per heavy atom. The third kappa shape index (κ3) is 6.41. The molecule has 0 bridgehead atoms. The third-order valence-electron chi connectivity index (χ3n) is 4.32. The minimum Gasteiger partial charge on any atom is -0.461 e. The number of amides is 1. The van der Waals surface area contributed by atoms with Gasteiger partial charge in [-0.3, -0.25) is 9.59 Å². The number of ketones is 1. The minimum absolute atomic E-state index is 0.0227. The monoisotopic (exact) mass is 399 g/mol. The molecule has 1 aromatic heterocycles. The summed E-state index contributed by atoms with van der Waals surface area (Å²) in [6.45, 7) is 6.64. The molecule has 0 aliphatic heterocycles. The topological polar surface area (TPSA) is 128 Å². The molecule has 154 valence electrons. The van der Waals surface area contributed by atoms with Crippen LogP contribution >= 0.6 is 0 Å². The van der Waals surface area contributed by atoms with Gasteiger partial charge in [0.1, 0.15) is 6.04 Å². The predicted molar refractivity (Wildman–Crippen MR) is 113 cm³/mol. The zero-order valence-corrected chi connectivity index (χ0v) is 16.7. The van der Waals surface area contributed by atoms with Gasteiger partial charge in [-0.2, -0.15) is 0 Å².